The van der Waals surface area contributed by atoms with Gasteiger partial charge in [0.25, 0.3) is 5.92 Å². The van der Waals surface area contributed by atoms with E-state index in [2.05, 4.69) is 20.2 Å². The van der Waals surface area contributed by atoms with Gasteiger partial charge in [-0.1, -0.05) is 24.6 Å². The molecular formula is C39H39ClF7N7O6S. The van der Waals surface area contributed by atoms with Gasteiger partial charge in [0.05, 0.1) is 59.4 Å². The van der Waals surface area contributed by atoms with Crippen LogP contribution >= 0.6 is 11.6 Å². The van der Waals surface area contributed by atoms with Gasteiger partial charge in [-0.15, -0.1) is 0 Å². The summed E-state index contributed by atoms with van der Waals surface area (Å²) >= 11 is 6.79. The summed E-state index contributed by atoms with van der Waals surface area (Å²) in [5.41, 5.74) is -3.55. The van der Waals surface area contributed by atoms with Crippen molar-refractivity contribution in [3.63, 3.8) is 0 Å². The van der Waals surface area contributed by atoms with E-state index in [-0.39, 0.29) is 63.9 Å². The van der Waals surface area contributed by atoms with Crippen LogP contribution < -0.4 is 10.0 Å². The first-order valence-corrected chi connectivity index (χ1v) is 21.3. The molecule has 2 fully saturated rings. The Hall–Kier alpha value is -4.38. The minimum absolute atomic E-state index is 0.000480. The minimum Gasteiger partial charge on any atom is -0.381 e. The van der Waals surface area contributed by atoms with Gasteiger partial charge in [-0.25, -0.2) is 17.2 Å². The molecule has 0 saturated carbocycles. The SMILES string of the molecule is Cc1cc(-c2ccc(C3(O)CO[C@H]4OCC[C@H]43)nc2[C@H](Cc2cc(F)cc(F)c2)NC(O)Cn2nc(C(F)(F)F)c3c2C(F)(F)[C@H](C)C3)c2c(c(NS(C)(=O)=O)nn2C)c1Cl. The van der Waals surface area contributed by atoms with Gasteiger partial charge in [-0.05, 0) is 61.6 Å². The molecular weight excluding hydrogens is 863 g/mol. The van der Waals surface area contributed by atoms with E-state index in [1.54, 1.807) is 19.1 Å². The van der Waals surface area contributed by atoms with E-state index in [4.69, 9.17) is 26.1 Å². The third-order valence-electron chi connectivity index (χ3n) is 11.5. The van der Waals surface area contributed by atoms with Crippen LogP contribution in [0.2, 0.25) is 5.02 Å². The number of hydrogen-bond donors (Lipinski definition) is 4. The number of nitrogens with one attached hydrogen (secondary N) is 2. The number of sulfonamides is 1. The molecule has 0 spiro atoms. The van der Waals surface area contributed by atoms with Crippen molar-refractivity contribution in [1.29, 1.82) is 0 Å². The van der Waals surface area contributed by atoms with E-state index in [1.807, 2.05) is 0 Å². The third kappa shape index (κ3) is 7.75. The molecule has 2 saturated heterocycles. The van der Waals surface area contributed by atoms with Crippen LogP contribution in [0.1, 0.15) is 58.9 Å². The van der Waals surface area contributed by atoms with Crippen molar-refractivity contribution < 1.29 is 58.8 Å². The van der Waals surface area contributed by atoms with Crippen LogP contribution in [0.15, 0.2) is 36.4 Å². The fraction of sp³-hybridized carbons (Fsp3) is 0.462. The maximum Gasteiger partial charge on any atom is 0.435 e. The fourth-order valence-electron chi connectivity index (χ4n) is 8.76. The Morgan fingerprint density at radius 2 is 1.79 bits per heavy atom. The molecule has 4 N–H and O–H groups in total. The van der Waals surface area contributed by atoms with Crippen LogP contribution in [0.25, 0.3) is 22.0 Å². The van der Waals surface area contributed by atoms with E-state index in [9.17, 15) is 40.6 Å². The Bertz CT molecular complexity index is 2660. The molecule has 22 heteroatoms. The maximum atomic E-state index is 15.5. The average Bonchev–Trinajstić information content (AvgIpc) is 3.95. The second kappa shape index (κ2) is 15.2. The van der Waals surface area contributed by atoms with Gasteiger partial charge in [-0.2, -0.15) is 32.1 Å². The van der Waals surface area contributed by atoms with Gasteiger partial charge >= 0.3 is 6.18 Å². The number of benzene rings is 2. The Labute approximate surface area is 348 Å². The van der Waals surface area contributed by atoms with Gasteiger partial charge in [-0.3, -0.25) is 24.4 Å². The lowest BCUT2D eigenvalue weighted by molar-refractivity contribution is -0.142. The summed E-state index contributed by atoms with van der Waals surface area (Å²) in [7, 11) is -2.35. The quantitative estimate of drug-likeness (QED) is 0.0884. The number of nitrogens with zero attached hydrogens (tertiary/aromatic N) is 5. The third-order valence-corrected chi connectivity index (χ3v) is 12.5. The van der Waals surface area contributed by atoms with Crippen LogP contribution in [0.3, 0.4) is 0 Å². The average molecular weight is 902 g/mol. The lowest BCUT2D eigenvalue weighted by Gasteiger charge is -2.30. The summed E-state index contributed by atoms with van der Waals surface area (Å²) in [4.78, 5) is 4.93. The van der Waals surface area contributed by atoms with Crippen LogP contribution in [0.5, 0.6) is 0 Å². The number of aliphatic hydroxyl groups excluding tert-OH is 1. The number of ether oxygens (including phenoxy) is 2. The van der Waals surface area contributed by atoms with Gasteiger partial charge in [0.1, 0.15) is 29.2 Å². The van der Waals surface area contributed by atoms with E-state index in [0.29, 0.717) is 28.3 Å². The fourth-order valence-corrected chi connectivity index (χ4v) is 9.49. The second-order valence-electron chi connectivity index (χ2n) is 15.9. The molecule has 5 heterocycles. The first-order valence-electron chi connectivity index (χ1n) is 19.0. The summed E-state index contributed by atoms with van der Waals surface area (Å²) < 4.78 is 143. The van der Waals surface area contributed by atoms with Crippen molar-refractivity contribution in [3.05, 3.63) is 92.5 Å². The molecule has 0 radical (unpaired) electrons. The largest absolute Gasteiger partial charge is 0.435 e. The Morgan fingerprint density at radius 1 is 1.08 bits per heavy atom. The number of aliphatic hydroxyl groups is 2. The summed E-state index contributed by atoms with van der Waals surface area (Å²) in [5.74, 6) is -7.84. The first kappa shape index (κ1) is 43.3. The summed E-state index contributed by atoms with van der Waals surface area (Å²) in [5, 5.41) is 34.9. The van der Waals surface area contributed by atoms with Gasteiger partial charge in [0, 0.05) is 41.6 Å². The summed E-state index contributed by atoms with van der Waals surface area (Å²) in [6, 6.07) is 6.05. The number of halogens is 8. The molecule has 2 aliphatic heterocycles. The number of alkyl halides is 5. The zero-order chi connectivity index (χ0) is 44.1. The lowest BCUT2D eigenvalue weighted by atomic mass is 9.84. The Kier molecular flexibility index (Phi) is 10.8. The number of fused-ring (bicyclic) bond motifs is 3. The molecule has 0 bridgehead atoms. The van der Waals surface area contributed by atoms with Crippen LogP contribution in [0, 0.1) is 30.4 Å². The molecule has 6 atom stereocenters. The minimum atomic E-state index is -5.09. The predicted molar refractivity (Wildman–Crippen MR) is 206 cm³/mol. The van der Waals surface area contributed by atoms with E-state index in [0.717, 1.165) is 25.3 Å². The van der Waals surface area contributed by atoms with Crippen molar-refractivity contribution in [2.45, 2.75) is 75.9 Å². The zero-order valence-corrected chi connectivity index (χ0v) is 34.4. The number of hydrogen-bond acceptors (Lipinski definition) is 10. The maximum absolute atomic E-state index is 15.5. The number of rotatable bonds is 11. The zero-order valence-electron chi connectivity index (χ0n) is 32.8. The van der Waals surface area contributed by atoms with E-state index >= 15 is 8.78 Å². The standard InChI is InChI=1S/C39H39ClF7N7O6S/c1-17-9-23(32-29(30(17)40)35(51-53(32)3)52-61(4,57)58)22-5-6-27(37(56)16-60-36-25(37)7-8-59-36)49-31(22)26(13-19-11-20(41)14-21(42)12-19)48-28(55)15-54-34-24(10-18(2)38(34,43)44)33(50-54)39(45,46)47/h5-6,9,11-12,14,18,25-26,28,36,48,55-56H,7-8,10,13,15-16H2,1-4H3,(H,51,52)/t18-,25-,26+,28?,36-,37?/m1/s1. The van der Waals surface area contributed by atoms with Gasteiger partial charge in [0.2, 0.25) is 10.0 Å². The van der Waals surface area contributed by atoms with Crippen molar-refractivity contribution in [2.24, 2.45) is 18.9 Å². The van der Waals surface area contributed by atoms with E-state index in [1.165, 1.54) is 17.8 Å². The molecule has 2 aromatic carbocycles. The Balaban J connectivity index is 1.32. The van der Waals surface area contributed by atoms with Crippen LogP contribution in [-0.4, -0.2) is 75.2 Å². The molecule has 3 aliphatic rings. The van der Waals surface area contributed by atoms with Crippen molar-refractivity contribution >= 4 is 38.3 Å². The second-order valence-corrected chi connectivity index (χ2v) is 18.1. The molecule has 328 valence electrons. The van der Waals surface area contributed by atoms with Crippen LogP contribution in [-0.2, 0) is 63.6 Å². The predicted octanol–water partition coefficient (Wildman–Crippen LogP) is 6.22. The van der Waals surface area contributed by atoms with Crippen molar-refractivity contribution in [2.75, 3.05) is 24.2 Å². The topological polar surface area (TPSA) is 166 Å². The lowest BCUT2D eigenvalue weighted by Crippen LogP contribution is -2.40. The molecule has 2 unspecified atom stereocenters. The van der Waals surface area contributed by atoms with Gasteiger partial charge < -0.3 is 19.7 Å². The highest BCUT2D eigenvalue weighted by Crippen LogP contribution is 2.50. The van der Waals surface area contributed by atoms with Crippen molar-refractivity contribution in [3.8, 4) is 11.1 Å². The molecule has 5 aromatic rings. The van der Waals surface area contributed by atoms with Gasteiger partial charge in [0.15, 0.2) is 17.8 Å². The Morgan fingerprint density at radius 3 is 2.46 bits per heavy atom. The highest BCUT2D eigenvalue weighted by molar-refractivity contribution is 7.92. The summed E-state index contributed by atoms with van der Waals surface area (Å²) in [6.45, 7) is 1.85. The monoisotopic (exact) mass is 901 g/mol. The highest BCUT2D eigenvalue weighted by atomic mass is 35.5. The molecule has 61 heavy (non-hydrogen) atoms. The molecule has 1 aliphatic carbocycles. The first-order chi connectivity index (χ1) is 28.5. The summed E-state index contributed by atoms with van der Waals surface area (Å²) in [6.07, 6.45) is -7.47. The van der Waals surface area contributed by atoms with Crippen LogP contribution in [0.4, 0.5) is 36.6 Å². The highest BCUT2D eigenvalue weighted by Gasteiger charge is 2.55. The normalized spacial score (nSPS) is 23.4. The molecule has 3 aromatic heterocycles. The molecule has 8 rings (SSSR count). The van der Waals surface area contributed by atoms with Crippen molar-refractivity contribution in [1.82, 2.24) is 29.9 Å². The number of aromatic nitrogens is 5. The molecule has 0 amide bonds. The van der Waals surface area contributed by atoms with E-state index < -0.39 is 99.7 Å². The number of pyridine rings is 1. The number of aryl methyl sites for hydroxylation is 2. The smallest absolute Gasteiger partial charge is 0.381 e. The number of anilines is 1. The molecule has 13 nitrogen and oxygen atoms in total.